The molecule has 0 heterocycles. The lowest BCUT2D eigenvalue weighted by Gasteiger charge is -2.43. The molecule has 6 aliphatic carbocycles. The normalized spacial score (nSPS) is 39.6. The molecule has 94 valence electrons. The molecule has 1 aromatic rings. The fourth-order valence-corrected chi connectivity index (χ4v) is 5.51. The molecule has 0 unspecified atom stereocenters. The number of hydrogen-bond donors (Lipinski definition) is 0. The van der Waals surface area contributed by atoms with Crippen LogP contribution < -0.4 is 0 Å². The van der Waals surface area contributed by atoms with Crippen molar-refractivity contribution in [1.82, 2.24) is 0 Å². The first-order valence-corrected chi connectivity index (χ1v) is 8.08. The Morgan fingerprint density at radius 2 is 0.667 bits per heavy atom. The van der Waals surface area contributed by atoms with E-state index in [-0.39, 0.29) is 0 Å². The Balaban J connectivity index is 1.73. The van der Waals surface area contributed by atoms with E-state index < -0.39 is 0 Å². The summed E-state index contributed by atoms with van der Waals surface area (Å²) in [4.78, 5) is 0. The average molecular weight is 238 g/mol. The van der Waals surface area contributed by atoms with Crippen LogP contribution in [0, 0.1) is 0 Å². The van der Waals surface area contributed by atoms with Gasteiger partial charge in [-0.3, -0.25) is 0 Å². The van der Waals surface area contributed by atoms with E-state index in [0.717, 1.165) is 23.7 Å². The van der Waals surface area contributed by atoms with Crippen molar-refractivity contribution in [2.75, 3.05) is 0 Å². The summed E-state index contributed by atoms with van der Waals surface area (Å²) in [5.41, 5.74) is 7.13. The summed E-state index contributed by atoms with van der Waals surface area (Å²) < 4.78 is 0. The smallest absolute Gasteiger partial charge is 0.0159 e. The molecule has 0 saturated heterocycles. The van der Waals surface area contributed by atoms with Crippen molar-refractivity contribution >= 4 is 0 Å². The Morgan fingerprint density at radius 3 is 0.889 bits per heavy atom. The van der Waals surface area contributed by atoms with Crippen LogP contribution in [-0.4, -0.2) is 0 Å². The van der Waals surface area contributed by atoms with Gasteiger partial charge in [-0.1, -0.05) is 12.1 Å². The van der Waals surface area contributed by atoms with Crippen LogP contribution in [0.2, 0.25) is 0 Å². The van der Waals surface area contributed by atoms with E-state index >= 15 is 0 Å². The van der Waals surface area contributed by atoms with Gasteiger partial charge in [-0.05, 0) is 97.3 Å². The topological polar surface area (TPSA) is 0 Å². The molecular weight excluding hydrogens is 216 g/mol. The summed E-state index contributed by atoms with van der Waals surface area (Å²) >= 11 is 0. The lowest BCUT2D eigenvalue weighted by molar-refractivity contribution is 0.341. The van der Waals surface area contributed by atoms with Gasteiger partial charge in [0.2, 0.25) is 0 Å². The van der Waals surface area contributed by atoms with Crippen LogP contribution in [0.15, 0.2) is 12.1 Å². The van der Waals surface area contributed by atoms with E-state index in [2.05, 4.69) is 12.1 Å². The second kappa shape index (κ2) is 3.40. The molecule has 0 atom stereocenters. The molecule has 4 bridgehead atoms. The standard InChI is InChI=1S/C18H22/c1-2-12-4-3-11(1)15-9-17-13-5-7-14(8-6-13)18(17)10-16(12)15/h9-14H,1-8H2. The minimum atomic E-state index is 0.927. The van der Waals surface area contributed by atoms with Gasteiger partial charge in [-0.15, -0.1) is 0 Å². The summed E-state index contributed by atoms with van der Waals surface area (Å²) in [7, 11) is 0. The number of benzene rings is 1. The highest BCUT2D eigenvalue weighted by Gasteiger charge is 2.38. The second-order valence-electron chi connectivity index (χ2n) is 7.21. The molecule has 0 N–H and O–H groups in total. The Kier molecular flexibility index (Phi) is 1.90. The zero-order valence-corrected chi connectivity index (χ0v) is 11.1. The molecule has 2 saturated carbocycles. The monoisotopic (exact) mass is 238 g/mol. The molecule has 0 heteroatoms. The Morgan fingerprint density at radius 1 is 0.444 bits per heavy atom. The van der Waals surface area contributed by atoms with Crippen molar-refractivity contribution in [2.45, 2.75) is 75.0 Å². The van der Waals surface area contributed by atoms with E-state index in [4.69, 9.17) is 0 Å². The third-order valence-corrected chi connectivity index (χ3v) is 6.50. The zero-order chi connectivity index (χ0) is 11.7. The summed E-state index contributed by atoms with van der Waals surface area (Å²) in [6.45, 7) is 0. The Labute approximate surface area is 110 Å². The molecule has 0 spiro atoms. The van der Waals surface area contributed by atoms with Gasteiger partial charge in [0.25, 0.3) is 0 Å². The van der Waals surface area contributed by atoms with Gasteiger partial charge in [0, 0.05) is 0 Å². The van der Waals surface area contributed by atoms with Gasteiger partial charge in [0.1, 0.15) is 0 Å². The molecule has 0 nitrogen and oxygen atoms in total. The molecule has 18 heavy (non-hydrogen) atoms. The summed E-state index contributed by atoms with van der Waals surface area (Å²) in [6, 6.07) is 5.35. The van der Waals surface area contributed by atoms with Crippen LogP contribution in [0.25, 0.3) is 0 Å². The van der Waals surface area contributed by atoms with E-state index in [1.807, 2.05) is 0 Å². The highest BCUT2D eigenvalue weighted by molar-refractivity contribution is 5.49. The van der Waals surface area contributed by atoms with Crippen molar-refractivity contribution < 1.29 is 0 Å². The third kappa shape index (κ3) is 1.17. The van der Waals surface area contributed by atoms with Gasteiger partial charge >= 0.3 is 0 Å². The molecule has 0 aliphatic heterocycles. The highest BCUT2D eigenvalue weighted by Crippen LogP contribution is 2.55. The fourth-order valence-electron chi connectivity index (χ4n) is 5.51. The molecule has 6 aliphatic rings. The maximum atomic E-state index is 2.68. The van der Waals surface area contributed by atoms with Crippen LogP contribution in [0.1, 0.15) is 97.3 Å². The van der Waals surface area contributed by atoms with E-state index in [9.17, 15) is 0 Å². The van der Waals surface area contributed by atoms with E-state index in [1.165, 1.54) is 51.4 Å². The lowest BCUT2D eigenvalue weighted by atomic mass is 9.61. The van der Waals surface area contributed by atoms with Gasteiger partial charge in [-0.2, -0.15) is 0 Å². The largest absolute Gasteiger partial charge is 0.0547 e. The van der Waals surface area contributed by atoms with Crippen molar-refractivity contribution in [2.24, 2.45) is 0 Å². The molecule has 7 rings (SSSR count). The van der Waals surface area contributed by atoms with Crippen molar-refractivity contribution in [3.05, 3.63) is 34.4 Å². The lowest BCUT2D eigenvalue weighted by Crippen LogP contribution is -2.26. The van der Waals surface area contributed by atoms with Crippen LogP contribution in [0.3, 0.4) is 0 Å². The van der Waals surface area contributed by atoms with E-state index in [0.29, 0.717) is 0 Å². The van der Waals surface area contributed by atoms with Crippen LogP contribution in [0.5, 0.6) is 0 Å². The quantitative estimate of drug-likeness (QED) is 0.583. The molecule has 1 aromatic carbocycles. The van der Waals surface area contributed by atoms with Crippen LogP contribution >= 0.6 is 0 Å². The molecular formula is C18H22. The summed E-state index contributed by atoms with van der Waals surface area (Å²) in [6.07, 6.45) is 11.8. The molecule has 0 amide bonds. The second-order valence-corrected chi connectivity index (χ2v) is 7.21. The summed E-state index contributed by atoms with van der Waals surface area (Å²) in [5, 5.41) is 0. The minimum absolute atomic E-state index is 0.927. The number of fused-ring (bicyclic) bond motifs is 4. The predicted molar refractivity (Wildman–Crippen MR) is 74.3 cm³/mol. The fraction of sp³-hybridized carbons (Fsp3) is 0.667. The van der Waals surface area contributed by atoms with Gasteiger partial charge < -0.3 is 0 Å². The SMILES string of the molecule is c1c2c(cc3c1C1CCC3CC1)C1CCC2CC1. The highest BCUT2D eigenvalue weighted by atomic mass is 14.4. The van der Waals surface area contributed by atoms with Crippen LogP contribution in [0.4, 0.5) is 0 Å². The van der Waals surface area contributed by atoms with Crippen LogP contribution in [-0.2, 0) is 0 Å². The predicted octanol–water partition coefficient (Wildman–Crippen LogP) is 5.20. The van der Waals surface area contributed by atoms with Crippen molar-refractivity contribution in [3.8, 4) is 0 Å². The first-order chi connectivity index (χ1) is 8.90. The molecule has 2 fully saturated rings. The third-order valence-electron chi connectivity index (χ3n) is 6.50. The van der Waals surface area contributed by atoms with Crippen molar-refractivity contribution in [1.29, 1.82) is 0 Å². The Hall–Kier alpha value is -0.780. The average Bonchev–Trinajstić information content (AvgIpc) is 2.48. The molecule has 0 radical (unpaired) electrons. The minimum Gasteiger partial charge on any atom is -0.0547 e. The maximum absolute atomic E-state index is 2.68. The van der Waals surface area contributed by atoms with Crippen molar-refractivity contribution in [3.63, 3.8) is 0 Å². The van der Waals surface area contributed by atoms with Gasteiger partial charge in [0.05, 0.1) is 0 Å². The Bertz CT molecular complexity index is 407. The summed E-state index contributed by atoms with van der Waals surface area (Å²) in [5.74, 6) is 3.71. The maximum Gasteiger partial charge on any atom is -0.0159 e. The van der Waals surface area contributed by atoms with E-state index in [1.54, 1.807) is 22.3 Å². The zero-order valence-electron chi connectivity index (χ0n) is 11.1. The molecule has 0 aromatic heterocycles. The van der Waals surface area contributed by atoms with Gasteiger partial charge in [0.15, 0.2) is 0 Å². The number of rotatable bonds is 0. The first-order valence-electron chi connectivity index (χ1n) is 8.08. The van der Waals surface area contributed by atoms with Gasteiger partial charge in [-0.25, -0.2) is 0 Å². The number of hydrogen-bond acceptors (Lipinski definition) is 0. The first kappa shape index (κ1) is 10.1.